The third-order valence-electron chi connectivity index (χ3n) is 4.82. The zero-order valence-corrected chi connectivity index (χ0v) is 16.9. The molecule has 154 valence electrons. The lowest BCUT2D eigenvalue weighted by Gasteiger charge is -2.25. The maximum absolute atomic E-state index is 13.5. The summed E-state index contributed by atoms with van der Waals surface area (Å²) in [5.41, 5.74) is 1.08. The van der Waals surface area contributed by atoms with Gasteiger partial charge in [0, 0.05) is 30.9 Å². The molecule has 2 aromatic rings. The Morgan fingerprint density at radius 3 is 2.62 bits per heavy atom. The smallest absolute Gasteiger partial charge is 0.243 e. The van der Waals surface area contributed by atoms with Crippen LogP contribution in [0.3, 0.4) is 0 Å². The van der Waals surface area contributed by atoms with Crippen molar-refractivity contribution in [1.29, 1.82) is 0 Å². The van der Waals surface area contributed by atoms with Crippen molar-refractivity contribution in [2.24, 2.45) is 0 Å². The topological polar surface area (TPSA) is 95.6 Å². The van der Waals surface area contributed by atoms with Crippen molar-refractivity contribution < 1.29 is 22.4 Å². The van der Waals surface area contributed by atoms with E-state index in [0.29, 0.717) is 24.3 Å². The summed E-state index contributed by atoms with van der Waals surface area (Å²) in [7, 11) is -3.67. The number of nitrogens with one attached hydrogen (secondary N) is 2. The van der Waals surface area contributed by atoms with Crippen molar-refractivity contribution in [3.8, 4) is 0 Å². The van der Waals surface area contributed by atoms with E-state index >= 15 is 0 Å². The van der Waals surface area contributed by atoms with E-state index in [1.54, 1.807) is 26.0 Å². The van der Waals surface area contributed by atoms with Crippen LogP contribution in [-0.4, -0.2) is 37.6 Å². The molecule has 1 aliphatic rings. The molecule has 2 N–H and O–H groups in total. The molecule has 0 aromatic heterocycles. The number of hydrogen-bond acceptors (Lipinski definition) is 4. The van der Waals surface area contributed by atoms with Gasteiger partial charge in [0.25, 0.3) is 0 Å². The highest BCUT2D eigenvalue weighted by atomic mass is 32.2. The van der Waals surface area contributed by atoms with Gasteiger partial charge >= 0.3 is 0 Å². The molecule has 29 heavy (non-hydrogen) atoms. The van der Waals surface area contributed by atoms with Gasteiger partial charge in [0.15, 0.2) is 0 Å². The highest BCUT2D eigenvalue weighted by Gasteiger charge is 2.31. The van der Waals surface area contributed by atoms with Gasteiger partial charge in [-0.25, -0.2) is 12.8 Å². The van der Waals surface area contributed by atoms with E-state index in [-0.39, 0.29) is 22.9 Å². The Hall–Kier alpha value is -2.78. The molecule has 0 spiro atoms. The summed E-state index contributed by atoms with van der Waals surface area (Å²) in [6, 6.07) is 9.85. The highest BCUT2D eigenvalue weighted by molar-refractivity contribution is 7.89. The normalized spacial score (nSPS) is 16.3. The van der Waals surface area contributed by atoms with E-state index < -0.39 is 27.7 Å². The fraction of sp³-hybridized carbons (Fsp3) is 0.300. The van der Waals surface area contributed by atoms with Gasteiger partial charge in [-0.3, -0.25) is 9.59 Å². The molecule has 0 aliphatic carbocycles. The molecule has 9 heteroatoms. The number of fused-ring (bicyclic) bond motifs is 1. The predicted molar refractivity (Wildman–Crippen MR) is 108 cm³/mol. The fourth-order valence-electron chi connectivity index (χ4n) is 3.35. The van der Waals surface area contributed by atoms with E-state index in [1.807, 2.05) is 0 Å². The summed E-state index contributed by atoms with van der Waals surface area (Å²) < 4.78 is 40.2. The second-order valence-corrected chi connectivity index (χ2v) is 8.58. The van der Waals surface area contributed by atoms with E-state index in [1.165, 1.54) is 34.6 Å². The molecule has 0 fully saturated rings. The van der Waals surface area contributed by atoms with Gasteiger partial charge < -0.3 is 10.6 Å². The zero-order chi connectivity index (χ0) is 21.2. The Kier molecular flexibility index (Phi) is 5.99. The molecule has 2 amide bonds. The fourth-order valence-corrected chi connectivity index (χ4v) is 4.85. The second kappa shape index (κ2) is 8.30. The van der Waals surface area contributed by atoms with Crippen LogP contribution in [0.1, 0.15) is 31.7 Å². The first kappa shape index (κ1) is 20.9. The maximum atomic E-state index is 13.5. The molecule has 1 atom stereocenters. The van der Waals surface area contributed by atoms with E-state index in [2.05, 4.69) is 10.6 Å². The molecule has 1 aliphatic heterocycles. The largest absolute Gasteiger partial charge is 0.326 e. The van der Waals surface area contributed by atoms with E-state index in [9.17, 15) is 22.4 Å². The number of carbonyl (C=O) groups excluding carboxylic acids is 2. The molecule has 1 heterocycles. The van der Waals surface area contributed by atoms with Crippen molar-refractivity contribution >= 4 is 33.2 Å². The van der Waals surface area contributed by atoms with Gasteiger partial charge in [0.1, 0.15) is 5.82 Å². The summed E-state index contributed by atoms with van der Waals surface area (Å²) in [5.74, 6) is -2.17. The van der Waals surface area contributed by atoms with Crippen molar-refractivity contribution in [3.63, 3.8) is 0 Å². The number of benzene rings is 2. The van der Waals surface area contributed by atoms with Gasteiger partial charge in [-0.1, -0.05) is 26.0 Å². The Morgan fingerprint density at radius 1 is 1.21 bits per heavy atom. The first-order chi connectivity index (χ1) is 13.8. The Balaban J connectivity index is 1.87. The maximum Gasteiger partial charge on any atom is 0.243 e. The number of anilines is 2. The highest BCUT2D eigenvalue weighted by Crippen LogP contribution is 2.33. The molecule has 7 nitrogen and oxygen atoms in total. The lowest BCUT2D eigenvalue weighted by molar-refractivity contribution is -0.123. The lowest BCUT2D eigenvalue weighted by atomic mass is 9.89. The zero-order valence-electron chi connectivity index (χ0n) is 16.1. The minimum absolute atomic E-state index is 0.0721. The van der Waals surface area contributed by atoms with Crippen LogP contribution in [0.2, 0.25) is 0 Å². The van der Waals surface area contributed by atoms with Crippen LogP contribution in [0.15, 0.2) is 47.4 Å². The molecule has 0 radical (unpaired) electrons. The minimum Gasteiger partial charge on any atom is -0.326 e. The molecule has 0 unspecified atom stereocenters. The predicted octanol–water partition coefficient (Wildman–Crippen LogP) is 2.92. The monoisotopic (exact) mass is 419 g/mol. The Morgan fingerprint density at radius 2 is 1.93 bits per heavy atom. The first-order valence-electron chi connectivity index (χ1n) is 9.26. The lowest BCUT2D eigenvalue weighted by Crippen LogP contribution is -2.31. The van der Waals surface area contributed by atoms with Crippen molar-refractivity contribution in [3.05, 3.63) is 53.8 Å². The Labute approximate surface area is 169 Å². The number of carbonyl (C=O) groups is 2. The average molecular weight is 419 g/mol. The number of amides is 2. The van der Waals surface area contributed by atoms with Crippen LogP contribution in [0, 0.1) is 5.82 Å². The summed E-state index contributed by atoms with van der Waals surface area (Å²) in [6.45, 7) is 4.17. The van der Waals surface area contributed by atoms with Crippen molar-refractivity contribution in [1.82, 2.24) is 4.31 Å². The van der Waals surface area contributed by atoms with Gasteiger partial charge in [-0.05, 0) is 35.9 Å². The Bertz CT molecular complexity index is 1050. The molecule has 0 saturated carbocycles. The van der Waals surface area contributed by atoms with Crippen molar-refractivity contribution in [2.45, 2.75) is 31.1 Å². The van der Waals surface area contributed by atoms with Crippen LogP contribution in [-0.2, 0) is 19.6 Å². The number of hydrogen-bond donors (Lipinski definition) is 2. The van der Waals surface area contributed by atoms with E-state index in [0.717, 1.165) is 0 Å². The van der Waals surface area contributed by atoms with Crippen LogP contribution < -0.4 is 10.6 Å². The number of halogens is 1. The summed E-state index contributed by atoms with van der Waals surface area (Å²) in [5, 5.41) is 5.24. The average Bonchev–Trinajstić information content (AvgIpc) is 2.68. The first-order valence-corrected chi connectivity index (χ1v) is 10.7. The molecule has 3 rings (SSSR count). The molecule has 2 aromatic carbocycles. The van der Waals surface area contributed by atoms with Gasteiger partial charge in [0.05, 0.1) is 10.8 Å². The van der Waals surface area contributed by atoms with Crippen LogP contribution in [0.5, 0.6) is 0 Å². The third kappa shape index (κ3) is 4.30. The summed E-state index contributed by atoms with van der Waals surface area (Å²) >= 11 is 0. The van der Waals surface area contributed by atoms with Gasteiger partial charge in [-0.2, -0.15) is 4.31 Å². The molecular weight excluding hydrogens is 397 g/mol. The summed E-state index contributed by atoms with van der Waals surface area (Å²) in [6.07, 6.45) is -0.0814. The third-order valence-corrected chi connectivity index (χ3v) is 6.86. The quantitative estimate of drug-likeness (QED) is 0.753. The van der Waals surface area contributed by atoms with Gasteiger partial charge in [-0.15, -0.1) is 0 Å². The van der Waals surface area contributed by atoms with Crippen LogP contribution in [0.25, 0.3) is 0 Å². The number of nitrogens with zero attached hydrogens (tertiary/aromatic N) is 1. The molecule has 0 bridgehead atoms. The standard InChI is InChI=1S/C20H22FN3O4S/c1-3-24(4-2)29(27,28)15-7-5-6-14(11-15)22-20(26)17-12-19(25)23-18-10-13(21)8-9-16(17)18/h5-11,17H,3-4,12H2,1-2H3,(H,22,26)(H,23,25)/t17-/m1/s1. The van der Waals surface area contributed by atoms with Crippen LogP contribution in [0.4, 0.5) is 15.8 Å². The van der Waals surface area contributed by atoms with Crippen LogP contribution >= 0.6 is 0 Å². The summed E-state index contributed by atoms with van der Waals surface area (Å²) in [4.78, 5) is 24.8. The van der Waals surface area contributed by atoms with E-state index in [4.69, 9.17) is 0 Å². The number of rotatable bonds is 6. The van der Waals surface area contributed by atoms with Crippen molar-refractivity contribution in [2.75, 3.05) is 23.7 Å². The minimum atomic E-state index is -3.67. The molecular formula is C20H22FN3O4S. The number of sulfonamides is 1. The SMILES string of the molecule is CCN(CC)S(=O)(=O)c1cccc(NC(=O)[C@@H]2CC(=O)Nc3cc(F)ccc32)c1. The second-order valence-electron chi connectivity index (χ2n) is 6.64. The van der Waals surface area contributed by atoms with Gasteiger partial charge in [0.2, 0.25) is 21.8 Å². The molecule has 0 saturated heterocycles.